The second-order valence-electron chi connectivity index (χ2n) is 18.3. The molecule has 1 aliphatic heterocycles. The van der Waals surface area contributed by atoms with Crippen LogP contribution in [0.1, 0.15) is 254 Å². The number of carbonyl (C=O) groups excluding carboxylic acids is 3. The third-order valence-electron chi connectivity index (χ3n) is 11.2. The van der Waals surface area contributed by atoms with Gasteiger partial charge in [-0.2, -0.15) is 0 Å². The van der Waals surface area contributed by atoms with E-state index in [-0.39, 0.29) is 49.5 Å². The average molecular weight is 922 g/mol. The van der Waals surface area contributed by atoms with Crippen molar-refractivity contribution in [1.29, 1.82) is 0 Å². The van der Waals surface area contributed by atoms with Gasteiger partial charge < -0.3 is 28.6 Å². The van der Waals surface area contributed by atoms with Gasteiger partial charge in [-0.25, -0.2) is 4.79 Å². The van der Waals surface area contributed by atoms with Crippen molar-refractivity contribution in [2.75, 3.05) is 46.1 Å². The topological polar surface area (TPSA) is 101 Å². The van der Waals surface area contributed by atoms with Crippen molar-refractivity contribution in [3.63, 3.8) is 0 Å². The highest BCUT2D eigenvalue weighted by atomic mass is 16.7. The Morgan fingerprint density at radius 3 is 1.35 bits per heavy atom. The molecular formula is C56H107NO8. The molecule has 0 bridgehead atoms. The minimum atomic E-state index is -0.426. The van der Waals surface area contributed by atoms with Gasteiger partial charge in [0, 0.05) is 51.0 Å². The van der Waals surface area contributed by atoms with Gasteiger partial charge in [0.25, 0.3) is 0 Å². The Bertz CT molecular complexity index is 1060. The van der Waals surface area contributed by atoms with Crippen molar-refractivity contribution in [3.05, 3.63) is 24.3 Å². The lowest BCUT2D eigenvalue weighted by Crippen LogP contribution is -2.30. The van der Waals surface area contributed by atoms with E-state index in [4.69, 9.17) is 23.7 Å². The predicted molar refractivity (Wildman–Crippen MR) is 274 cm³/mol. The third kappa shape index (κ3) is 45.2. The molecule has 0 aromatic heterocycles. The van der Waals surface area contributed by atoms with E-state index in [0.717, 1.165) is 83.5 Å². The van der Waals surface area contributed by atoms with Crippen LogP contribution in [0.15, 0.2) is 24.3 Å². The van der Waals surface area contributed by atoms with Gasteiger partial charge in [-0.1, -0.05) is 202 Å². The van der Waals surface area contributed by atoms with E-state index in [1.165, 1.54) is 96.3 Å². The SMILES string of the molecule is CCC.CCC.CCCCC/C=C\C/C=C\CCCCCCCC(=O)OCC1CN(C(=O)OCCCCC)CC1COC(=O)CCC(OCCCCCCCC)OCCCCCCCC. The Morgan fingerprint density at radius 2 is 0.846 bits per heavy atom. The minimum Gasteiger partial charge on any atom is -0.465 e. The van der Waals surface area contributed by atoms with Crippen LogP contribution in [0.4, 0.5) is 4.79 Å². The fourth-order valence-electron chi connectivity index (χ4n) is 7.34. The summed E-state index contributed by atoms with van der Waals surface area (Å²) in [6.07, 6.45) is 41.5. The van der Waals surface area contributed by atoms with Gasteiger partial charge in [0.15, 0.2) is 6.29 Å². The number of hydrogen-bond donors (Lipinski definition) is 0. The first kappa shape index (κ1) is 64.7. The number of likely N-dealkylation sites (tertiary alicyclic amines) is 1. The number of allylic oxidation sites excluding steroid dienone is 4. The molecule has 1 amide bonds. The summed E-state index contributed by atoms with van der Waals surface area (Å²) in [5.74, 6) is -0.790. The first-order chi connectivity index (χ1) is 31.8. The van der Waals surface area contributed by atoms with Crippen molar-refractivity contribution in [2.45, 2.75) is 261 Å². The van der Waals surface area contributed by atoms with Crippen LogP contribution in [-0.2, 0) is 33.3 Å². The Kier molecular flexibility index (Phi) is 52.3. The van der Waals surface area contributed by atoms with Crippen LogP contribution in [-0.4, -0.2) is 75.3 Å². The summed E-state index contributed by atoms with van der Waals surface area (Å²) in [5.41, 5.74) is 0. The lowest BCUT2D eigenvalue weighted by molar-refractivity contribution is -0.160. The third-order valence-corrected chi connectivity index (χ3v) is 11.2. The molecule has 0 aromatic carbocycles. The van der Waals surface area contributed by atoms with E-state index < -0.39 is 6.29 Å². The van der Waals surface area contributed by atoms with Gasteiger partial charge in [-0.15, -0.1) is 0 Å². The molecule has 9 heteroatoms. The maximum Gasteiger partial charge on any atom is 0.409 e. The van der Waals surface area contributed by atoms with Gasteiger partial charge in [0.05, 0.1) is 26.2 Å². The summed E-state index contributed by atoms with van der Waals surface area (Å²) >= 11 is 0. The molecule has 0 radical (unpaired) electrons. The molecule has 384 valence electrons. The standard InChI is InChI=1S/C50H91NO8.2C3H8/c1-5-9-13-16-19-20-21-22-23-24-25-26-27-28-31-35-47(52)58-43-45-41-51(50(54)57-40-32-12-8-4)42-46(45)44-59-48(53)36-37-49(55-38-33-29-17-14-10-6-2)56-39-34-30-18-15-11-7-3;2*1-3-2/h19-20,22-23,45-46,49H,5-18,21,24-44H2,1-4H3;2*3H2,1-2H3/b20-19-,23-22-;;. The van der Waals surface area contributed by atoms with E-state index in [2.05, 4.69) is 79.7 Å². The highest BCUT2D eigenvalue weighted by Gasteiger charge is 2.37. The van der Waals surface area contributed by atoms with Crippen LogP contribution < -0.4 is 0 Å². The van der Waals surface area contributed by atoms with Crippen molar-refractivity contribution < 1.29 is 38.1 Å². The molecule has 1 fully saturated rings. The number of rotatable bonds is 41. The predicted octanol–water partition coefficient (Wildman–Crippen LogP) is 16.5. The number of carbonyl (C=O) groups is 3. The fraction of sp³-hybridized carbons (Fsp3) is 0.875. The van der Waals surface area contributed by atoms with Crippen molar-refractivity contribution in [2.24, 2.45) is 11.8 Å². The molecule has 65 heavy (non-hydrogen) atoms. The zero-order chi connectivity index (χ0) is 48.3. The van der Waals surface area contributed by atoms with E-state index in [9.17, 15) is 14.4 Å². The van der Waals surface area contributed by atoms with E-state index >= 15 is 0 Å². The lowest BCUT2D eigenvalue weighted by atomic mass is 9.98. The van der Waals surface area contributed by atoms with Crippen molar-refractivity contribution >= 4 is 18.0 Å². The zero-order valence-corrected chi connectivity index (χ0v) is 44.1. The lowest BCUT2D eigenvalue weighted by Gasteiger charge is -2.20. The Labute approximate surface area is 402 Å². The first-order valence-electron chi connectivity index (χ1n) is 27.5. The van der Waals surface area contributed by atoms with Crippen LogP contribution in [0.25, 0.3) is 0 Å². The summed E-state index contributed by atoms with van der Waals surface area (Å²) in [6, 6.07) is 0. The van der Waals surface area contributed by atoms with Crippen molar-refractivity contribution in [3.8, 4) is 0 Å². The van der Waals surface area contributed by atoms with Gasteiger partial charge >= 0.3 is 18.0 Å². The molecule has 1 heterocycles. The maximum absolute atomic E-state index is 13.0. The van der Waals surface area contributed by atoms with Crippen LogP contribution in [0, 0.1) is 11.8 Å². The average Bonchev–Trinajstić information content (AvgIpc) is 3.72. The molecule has 0 aliphatic carbocycles. The summed E-state index contributed by atoms with van der Waals surface area (Å²) in [7, 11) is 0. The maximum atomic E-state index is 13.0. The highest BCUT2D eigenvalue weighted by molar-refractivity contribution is 5.70. The number of amides is 1. The molecule has 0 saturated carbocycles. The molecule has 0 N–H and O–H groups in total. The Hall–Kier alpha value is -2.39. The molecule has 0 spiro atoms. The zero-order valence-electron chi connectivity index (χ0n) is 44.1. The van der Waals surface area contributed by atoms with Gasteiger partial charge in [0.1, 0.15) is 0 Å². The van der Waals surface area contributed by atoms with E-state index in [1.54, 1.807) is 4.90 Å². The smallest absolute Gasteiger partial charge is 0.409 e. The summed E-state index contributed by atoms with van der Waals surface area (Å²) in [4.78, 5) is 40.4. The normalized spacial score (nSPS) is 14.7. The Balaban J connectivity index is 0. The van der Waals surface area contributed by atoms with Crippen LogP contribution in [0.3, 0.4) is 0 Å². The fourth-order valence-corrected chi connectivity index (χ4v) is 7.34. The van der Waals surface area contributed by atoms with Gasteiger partial charge in [-0.05, 0) is 57.8 Å². The molecule has 2 unspecified atom stereocenters. The molecule has 9 nitrogen and oxygen atoms in total. The second kappa shape index (κ2) is 52.6. The van der Waals surface area contributed by atoms with Gasteiger partial charge in [0.2, 0.25) is 0 Å². The molecule has 1 saturated heterocycles. The number of esters is 2. The largest absolute Gasteiger partial charge is 0.465 e. The minimum absolute atomic E-state index is 0.131. The second-order valence-corrected chi connectivity index (χ2v) is 18.3. The van der Waals surface area contributed by atoms with Crippen LogP contribution in [0.5, 0.6) is 0 Å². The van der Waals surface area contributed by atoms with Gasteiger partial charge in [-0.3, -0.25) is 9.59 Å². The Morgan fingerprint density at radius 1 is 0.462 bits per heavy atom. The summed E-state index contributed by atoms with van der Waals surface area (Å²) in [6.45, 7) is 20.1. The van der Waals surface area contributed by atoms with E-state index in [1.807, 2.05) is 0 Å². The van der Waals surface area contributed by atoms with Crippen molar-refractivity contribution in [1.82, 2.24) is 4.90 Å². The number of unbranched alkanes of at least 4 members (excludes halogenated alkanes) is 20. The molecule has 1 rings (SSSR count). The number of nitrogens with zero attached hydrogens (tertiary/aromatic N) is 1. The quantitative estimate of drug-likeness (QED) is 0.0196. The highest BCUT2D eigenvalue weighted by Crippen LogP contribution is 2.26. The molecular weight excluding hydrogens is 815 g/mol. The molecule has 2 atom stereocenters. The summed E-state index contributed by atoms with van der Waals surface area (Å²) < 4.78 is 29.3. The molecule has 1 aliphatic rings. The van der Waals surface area contributed by atoms with E-state index in [0.29, 0.717) is 45.8 Å². The van der Waals surface area contributed by atoms with Crippen LogP contribution >= 0.6 is 0 Å². The summed E-state index contributed by atoms with van der Waals surface area (Å²) in [5, 5.41) is 0. The monoisotopic (exact) mass is 922 g/mol. The van der Waals surface area contributed by atoms with Crippen LogP contribution in [0.2, 0.25) is 0 Å². The first-order valence-corrected chi connectivity index (χ1v) is 27.5. The number of ether oxygens (including phenoxy) is 5. The molecule has 0 aromatic rings. The number of hydrogen-bond acceptors (Lipinski definition) is 8.